The van der Waals surface area contributed by atoms with Gasteiger partial charge in [-0.05, 0) is 30.8 Å². The molecule has 0 saturated carbocycles. The van der Waals surface area contributed by atoms with E-state index in [4.69, 9.17) is 0 Å². The third kappa shape index (κ3) is 1.74. The van der Waals surface area contributed by atoms with Gasteiger partial charge in [0, 0.05) is 0 Å². The number of thioether (sulfide) groups is 1. The number of Topliss-reactive ketones (excluding diaryl/α,β-unsaturated/α-hetero) is 1. The van der Waals surface area contributed by atoms with Crippen LogP contribution in [0.15, 0.2) is 30.3 Å². The molecule has 0 spiro atoms. The molecule has 1 aromatic rings. The van der Waals surface area contributed by atoms with Crippen molar-refractivity contribution < 1.29 is 14.4 Å². The van der Waals surface area contributed by atoms with Crippen LogP contribution in [0.3, 0.4) is 0 Å². The first-order valence-corrected chi connectivity index (χ1v) is 5.59. The monoisotopic (exact) mass is 235 g/mol. The fraction of sp³-hybridized carbons (Fsp3) is 0.182. The van der Waals surface area contributed by atoms with Crippen LogP contribution >= 0.6 is 11.8 Å². The molecule has 1 atom stereocenters. The second-order valence-electron chi connectivity index (χ2n) is 3.38. The van der Waals surface area contributed by atoms with Gasteiger partial charge in [0.25, 0.3) is 11.1 Å². The van der Waals surface area contributed by atoms with E-state index < -0.39 is 16.4 Å². The number of hydrogen-bond acceptors (Lipinski definition) is 4. The minimum Gasteiger partial charge on any atom is -0.298 e. The molecule has 1 aromatic carbocycles. The van der Waals surface area contributed by atoms with Crippen molar-refractivity contribution in [3.63, 3.8) is 0 Å². The maximum Gasteiger partial charge on any atom is 0.294 e. The Labute approximate surface area is 96.6 Å². The standard InChI is InChI=1S/C11H9NO3S/c1-7(13)9-10(14)12(11(15)16-9)8-5-3-2-4-6-8/h2-6,9H,1H3. The molecule has 0 aromatic heterocycles. The fourth-order valence-electron chi connectivity index (χ4n) is 1.48. The summed E-state index contributed by atoms with van der Waals surface area (Å²) in [4.78, 5) is 35.6. The first-order valence-electron chi connectivity index (χ1n) is 4.71. The Balaban J connectivity index is 2.34. The molecule has 1 unspecified atom stereocenters. The summed E-state index contributed by atoms with van der Waals surface area (Å²) in [5.41, 5.74) is 0.508. The summed E-state index contributed by atoms with van der Waals surface area (Å²) in [7, 11) is 0. The van der Waals surface area contributed by atoms with Crippen molar-refractivity contribution in [1.82, 2.24) is 0 Å². The van der Waals surface area contributed by atoms with Gasteiger partial charge in [0.1, 0.15) is 0 Å². The van der Waals surface area contributed by atoms with Gasteiger partial charge in [-0.2, -0.15) is 0 Å². The van der Waals surface area contributed by atoms with Crippen LogP contribution in [0.25, 0.3) is 0 Å². The van der Waals surface area contributed by atoms with Crippen LogP contribution < -0.4 is 4.90 Å². The van der Waals surface area contributed by atoms with Crippen LogP contribution in [0.5, 0.6) is 0 Å². The number of carbonyl (C=O) groups excluding carboxylic acids is 3. The molecule has 2 rings (SSSR count). The van der Waals surface area contributed by atoms with Crippen molar-refractivity contribution in [2.24, 2.45) is 0 Å². The molecule has 1 aliphatic heterocycles. The summed E-state index contributed by atoms with van der Waals surface area (Å²) in [5.74, 6) is -0.740. The minimum atomic E-state index is -0.882. The SMILES string of the molecule is CC(=O)C1SC(=O)N(c2ccccc2)C1=O. The largest absolute Gasteiger partial charge is 0.298 e. The Bertz CT molecular complexity index is 458. The highest BCUT2D eigenvalue weighted by atomic mass is 32.2. The van der Waals surface area contributed by atoms with Crippen molar-refractivity contribution in [3.05, 3.63) is 30.3 Å². The van der Waals surface area contributed by atoms with Gasteiger partial charge in [0.05, 0.1) is 5.69 Å². The highest BCUT2D eigenvalue weighted by molar-refractivity contribution is 8.16. The lowest BCUT2D eigenvalue weighted by Crippen LogP contribution is -2.33. The molecule has 1 saturated heterocycles. The molecule has 1 fully saturated rings. The summed E-state index contributed by atoms with van der Waals surface area (Å²) >= 11 is 0.773. The van der Waals surface area contributed by atoms with Gasteiger partial charge in [-0.15, -0.1) is 0 Å². The molecular weight excluding hydrogens is 226 g/mol. The summed E-state index contributed by atoms with van der Waals surface area (Å²) in [5, 5.41) is -1.27. The fourth-order valence-corrected chi connectivity index (χ4v) is 2.35. The van der Waals surface area contributed by atoms with E-state index in [-0.39, 0.29) is 5.78 Å². The lowest BCUT2D eigenvalue weighted by Gasteiger charge is -2.12. The van der Waals surface area contributed by atoms with Crippen LogP contribution in [0.1, 0.15) is 6.92 Å². The number of imide groups is 1. The third-order valence-electron chi connectivity index (χ3n) is 2.23. The van der Waals surface area contributed by atoms with Gasteiger partial charge in [-0.1, -0.05) is 18.2 Å². The molecular formula is C11H9NO3S. The number of amides is 2. The number of anilines is 1. The Morgan fingerprint density at radius 2 is 1.88 bits per heavy atom. The highest BCUT2D eigenvalue weighted by Gasteiger charge is 2.42. The van der Waals surface area contributed by atoms with Gasteiger partial charge in [-0.25, -0.2) is 4.90 Å². The molecule has 5 heteroatoms. The van der Waals surface area contributed by atoms with Crippen LogP contribution in [0.4, 0.5) is 10.5 Å². The summed E-state index contributed by atoms with van der Waals surface area (Å²) in [6.45, 7) is 1.32. The zero-order valence-electron chi connectivity index (χ0n) is 8.54. The molecule has 0 N–H and O–H groups in total. The first kappa shape index (κ1) is 10.9. The Morgan fingerprint density at radius 3 is 2.38 bits per heavy atom. The summed E-state index contributed by atoms with van der Waals surface area (Å²) in [6, 6.07) is 8.60. The van der Waals surface area contributed by atoms with Gasteiger partial charge < -0.3 is 0 Å². The maximum absolute atomic E-state index is 11.8. The Kier molecular flexibility index (Phi) is 2.78. The smallest absolute Gasteiger partial charge is 0.294 e. The maximum atomic E-state index is 11.8. The highest BCUT2D eigenvalue weighted by Crippen LogP contribution is 2.31. The molecule has 0 aliphatic carbocycles. The van der Waals surface area contributed by atoms with E-state index in [2.05, 4.69) is 0 Å². The Morgan fingerprint density at radius 1 is 1.25 bits per heavy atom. The summed E-state index contributed by atoms with van der Waals surface area (Å²) in [6.07, 6.45) is 0. The van der Waals surface area contributed by atoms with Crippen molar-refractivity contribution in [3.8, 4) is 0 Å². The number of para-hydroxylation sites is 1. The predicted octanol–water partition coefficient (Wildman–Crippen LogP) is 1.84. The van der Waals surface area contributed by atoms with Gasteiger partial charge in [0.2, 0.25) is 0 Å². The van der Waals surface area contributed by atoms with Crippen molar-refractivity contribution >= 4 is 34.4 Å². The molecule has 2 amide bonds. The number of rotatable bonds is 2. The van der Waals surface area contributed by atoms with Crippen LogP contribution in [0.2, 0.25) is 0 Å². The molecule has 82 valence electrons. The van der Waals surface area contributed by atoms with E-state index in [0.29, 0.717) is 5.69 Å². The van der Waals surface area contributed by atoms with E-state index in [1.165, 1.54) is 6.92 Å². The van der Waals surface area contributed by atoms with Crippen molar-refractivity contribution in [2.75, 3.05) is 4.90 Å². The van der Waals surface area contributed by atoms with E-state index >= 15 is 0 Å². The van der Waals surface area contributed by atoms with Gasteiger partial charge in [0.15, 0.2) is 11.0 Å². The predicted molar refractivity (Wildman–Crippen MR) is 61.4 cm³/mol. The van der Waals surface area contributed by atoms with E-state index in [1.807, 2.05) is 0 Å². The first-order chi connectivity index (χ1) is 7.61. The molecule has 4 nitrogen and oxygen atoms in total. The van der Waals surface area contributed by atoms with Gasteiger partial charge >= 0.3 is 0 Å². The zero-order chi connectivity index (χ0) is 11.7. The lowest BCUT2D eigenvalue weighted by atomic mass is 10.2. The van der Waals surface area contributed by atoms with Gasteiger partial charge in [-0.3, -0.25) is 14.4 Å². The zero-order valence-corrected chi connectivity index (χ0v) is 9.36. The lowest BCUT2D eigenvalue weighted by molar-refractivity contribution is -0.124. The summed E-state index contributed by atoms with van der Waals surface area (Å²) < 4.78 is 0. The van der Waals surface area contributed by atoms with E-state index in [0.717, 1.165) is 16.7 Å². The van der Waals surface area contributed by atoms with Crippen LogP contribution in [-0.2, 0) is 9.59 Å². The third-order valence-corrected chi connectivity index (χ3v) is 3.38. The van der Waals surface area contributed by atoms with Crippen molar-refractivity contribution in [1.29, 1.82) is 0 Å². The quantitative estimate of drug-likeness (QED) is 0.734. The second kappa shape index (κ2) is 4.09. The second-order valence-corrected chi connectivity index (χ2v) is 4.44. The average molecular weight is 235 g/mol. The molecule has 1 heterocycles. The van der Waals surface area contributed by atoms with Crippen molar-refractivity contribution in [2.45, 2.75) is 12.2 Å². The minimum absolute atomic E-state index is 0.290. The van der Waals surface area contributed by atoms with Crippen LogP contribution in [0, 0.1) is 0 Å². The average Bonchev–Trinajstić information content (AvgIpc) is 2.56. The van der Waals surface area contributed by atoms with Crippen LogP contribution in [-0.4, -0.2) is 22.2 Å². The number of hydrogen-bond donors (Lipinski definition) is 0. The van der Waals surface area contributed by atoms with E-state index in [9.17, 15) is 14.4 Å². The molecule has 0 radical (unpaired) electrons. The molecule has 1 aliphatic rings. The number of nitrogens with zero attached hydrogens (tertiary/aromatic N) is 1. The number of ketones is 1. The number of benzene rings is 1. The normalized spacial score (nSPS) is 20.3. The molecule has 0 bridgehead atoms. The topological polar surface area (TPSA) is 54.5 Å². The number of carbonyl (C=O) groups is 3. The Hall–Kier alpha value is -1.62. The molecule has 16 heavy (non-hydrogen) atoms. The van der Waals surface area contributed by atoms with E-state index in [1.54, 1.807) is 30.3 Å².